The molecule has 0 saturated heterocycles. The molecule has 3 N–H and O–H groups in total. The number of anilines is 1. The van der Waals surface area contributed by atoms with E-state index >= 15 is 0 Å². The van der Waals surface area contributed by atoms with Crippen LogP contribution in [0.25, 0.3) is 0 Å². The Morgan fingerprint density at radius 3 is 2.76 bits per heavy atom. The summed E-state index contributed by atoms with van der Waals surface area (Å²) in [6.45, 7) is 0.470. The average molecular weight is 376 g/mol. The van der Waals surface area contributed by atoms with Crippen molar-refractivity contribution in [3.05, 3.63) is 64.9 Å². The Labute approximate surface area is 155 Å². The van der Waals surface area contributed by atoms with E-state index in [0.717, 1.165) is 27.8 Å². The fourth-order valence-electron chi connectivity index (χ4n) is 2.17. The van der Waals surface area contributed by atoms with Crippen LogP contribution in [0.3, 0.4) is 0 Å². The summed E-state index contributed by atoms with van der Waals surface area (Å²) in [6.07, 6.45) is 0. The number of nitrogens with zero attached hydrogens (tertiary/aromatic N) is 3. The molecular formula is C17H18ClN5OS. The fourth-order valence-corrected chi connectivity index (χ4v) is 3.13. The minimum absolute atomic E-state index is 0.470. The lowest BCUT2D eigenvalue weighted by atomic mass is 10.2. The molecule has 0 bridgehead atoms. The Morgan fingerprint density at radius 2 is 2.00 bits per heavy atom. The lowest BCUT2D eigenvalue weighted by Gasteiger charge is -2.08. The molecule has 3 aromatic rings. The van der Waals surface area contributed by atoms with Crippen molar-refractivity contribution in [2.24, 2.45) is 0 Å². The maximum absolute atomic E-state index is 6.10. The van der Waals surface area contributed by atoms with E-state index in [-0.39, 0.29) is 0 Å². The molecule has 0 spiro atoms. The molecule has 1 heterocycles. The number of thioether (sulfide) groups is 1. The van der Waals surface area contributed by atoms with Gasteiger partial charge < -0.3 is 15.9 Å². The Hall–Kier alpha value is -2.38. The molecule has 2 aromatic carbocycles. The van der Waals surface area contributed by atoms with Gasteiger partial charge in [0.05, 0.1) is 13.7 Å². The van der Waals surface area contributed by atoms with Gasteiger partial charge >= 0.3 is 0 Å². The van der Waals surface area contributed by atoms with Crippen LogP contribution in [0.5, 0.6) is 5.75 Å². The topological polar surface area (TPSA) is 78.0 Å². The SMILES string of the molecule is COc1cccc(NCc2nnc(SCc3ccc(Cl)cc3)n2N)c1. The summed E-state index contributed by atoms with van der Waals surface area (Å²) in [5, 5.41) is 13.0. The van der Waals surface area contributed by atoms with E-state index in [1.165, 1.54) is 16.4 Å². The molecule has 0 amide bonds. The molecule has 3 rings (SSSR count). The number of ether oxygens (including phenoxy) is 1. The van der Waals surface area contributed by atoms with Crippen molar-refractivity contribution in [2.75, 3.05) is 18.3 Å². The molecule has 1 aromatic heterocycles. The van der Waals surface area contributed by atoms with Gasteiger partial charge in [0.15, 0.2) is 5.82 Å². The Bertz CT molecular complexity index is 837. The van der Waals surface area contributed by atoms with Crippen LogP contribution in [0, 0.1) is 0 Å². The highest BCUT2D eigenvalue weighted by Crippen LogP contribution is 2.22. The highest BCUT2D eigenvalue weighted by Gasteiger charge is 2.10. The zero-order valence-electron chi connectivity index (χ0n) is 13.6. The number of halogens is 1. The van der Waals surface area contributed by atoms with Gasteiger partial charge in [0.2, 0.25) is 5.16 Å². The molecular weight excluding hydrogens is 358 g/mol. The molecule has 130 valence electrons. The Morgan fingerprint density at radius 1 is 1.20 bits per heavy atom. The van der Waals surface area contributed by atoms with Crippen LogP contribution in [0.4, 0.5) is 5.69 Å². The van der Waals surface area contributed by atoms with Crippen LogP contribution in [0.2, 0.25) is 5.02 Å². The van der Waals surface area contributed by atoms with Gasteiger partial charge in [-0.2, -0.15) is 0 Å². The monoisotopic (exact) mass is 375 g/mol. The maximum Gasteiger partial charge on any atom is 0.210 e. The van der Waals surface area contributed by atoms with Gasteiger partial charge in [0.25, 0.3) is 0 Å². The minimum atomic E-state index is 0.470. The van der Waals surface area contributed by atoms with Crippen LogP contribution in [0.15, 0.2) is 53.7 Å². The zero-order valence-corrected chi connectivity index (χ0v) is 15.2. The third-order valence-corrected chi connectivity index (χ3v) is 4.80. The van der Waals surface area contributed by atoms with Crippen molar-refractivity contribution in [1.29, 1.82) is 0 Å². The van der Waals surface area contributed by atoms with Crippen LogP contribution in [0.1, 0.15) is 11.4 Å². The molecule has 6 nitrogen and oxygen atoms in total. The number of nitrogens with two attached hydrogens (primary N) is 1. The highest BCUT2D eigenvalue weighted by atomic mass is 35.5. The first-order valence-electron chi connectivity index (χ1n) is 7.60. The van der Waals surface area contributed by atoms with E-state index in [9.17, 15) is 0 Å². The zero-order chi connectivity index (χ0) is 17.6. The summed E-state index contributed by atoms with van der Waals surface area (Å²) in [5.74, 6) is 8.29. The van der Waals surface area contributed by atoms with Crippen molar-refractivity contribution in [1.82, 2.24) is 14.9 Å². The summed E-state index contributed by atoms with van der Waals surface area (Å²) < 4.78 is 6.71. The largest absolute Gasteiger partial charge is 0.497 e. The number of methoxy groups -OCH3 is 1. The molecule has 0 unspecified atom stereocenters. The second kappa shape index (κ2) is 8.13. The first-order valence-corrected chi connectivity index (χ1v) is 8.96. The van der Waals surface area contributed by atoms with Gasteiger partial charge in [-0.25, -0.2) is 4.68 Å². The molecule has 0 aliphatic rings. The van der Waals surface area contributed by atoms with Gasteiger partial charge in [-0.1, -0.05) is 41.6 Å². The standard InChI is InChI=1S/C17H18ClN5OS/c1-24-15-4-2-3-14(9-15)20-10-16-21-22-17(23(16)19)25-11-12-5-7-13(18)8-6-12/h2-9,20H,10-11,19H2,1H3. The first kappa shape index (κ1) is 17.4. The van der Waals surface area contributed by atoms with E-state index in [0.29, 0.717) is 17.5 Å². The van der Waals surface area contributed by atoms with E-state index in [1.54, 1.807) is 7.11 Å². The summed E-state index contributed by atoms with van der Waals surface area (Å²) in [7, 11) is 1.64. The Kier molecular flexibility index (Phi) is 5.67. The number of nitrogens with one attached hydrogen (secondary N) is 1. The van der Waals surface area contributed by atoms with Crippen LogP contribution in [-0.4, -0.2) is 22.0 Å². The van der Waals surface area contributed by atoms with Gasteiger partial charge in [-0.3, -0.25) is 0 Å². The quantitative estimate of drug-likeness (QED) is 0.485. The van der Waals surface area contributed by atoms with Crippen molar-refractivity contribution in [3.63, 3.8) is 0 Å². The van der Waals surface area contributed by atoms with Crippen molar-refractivity contribution < 1.29 is 4.74 Å². The van der Waals surface area contributed by atoms with Gasteiger partial charge in [0.1, 0.15) is 5.75 Å². The lowest BCUT2D eigenvalue weighted by Crippen LogP contribution is -2.16. The van der Waals surface area contributed by atoms with Crippen LogP contribution in [-0.2, 0) is 12.3 Å². The van der Waals surface area contributed by atoms with E-state index in [4.69, 9.17) is 22.2 Å². The second-order valence-corrected chi connectivity index (χ2v) is 6.65. The molecule has 0 aliphatic heterocycles. The third-order valence-electron chi connectivity index (χ3n) is 3.54. The van der Waals surface area contributed by atoms with Gasteiger partial charge in [-0.15, -0.1) is 10.2 Å². The van der Waals surface area contributed by atoms with Crippen LogP contribution >= 0.6 is 23.4 Å². The number of nitrogen functional groups attached to an aromatic ring is 1. The molecule has 0 atom stereocenters. The summed E-state index contributed by atoms with van der Waals surface area (Å²) in [5.41, 5.74) is 2.08. The number of hydrogen-bond acceptors (Lipinski definition) is 6. The summed E-state index contributed by atoms with van der Waals surface area (Å²) in [6, 6.07) is 15.4. The molecule has 0 aliphatic carbocycles. The molecule has 0 fully saturated rings. The first-order chi connectivity index (χ1) is 12.2. The Balaban J connectivity index is 1.59. The molecule has 25 heavy (non-hydrogen) atoms. The number of hydrogen-bond donors (Lipinski definition) is 2. The smallest absolute Gasteiger partial charge is 0.210 e. The summed E-state index contributed by atoms with van der Waals surface area (Å²) >= 11 is 7.42. The van der Waals surface area contributed by atoms with Crippen molar-refractivity contribution in [2.45, 2.75) is 17.5 Å². The lowest BCUT2D eigenvalue weighted by molar-refractivity contribution is 0.415. The second-order valence-electron chi connectivity index (χ2n) is 5.27. The predicted molar refractivity (Wildman–Crippen MR) is 102 cm³/mol. The van der Waals surface area contributed by atoms with E-state index < -0.39 is 0 Å². The van der Waals surface area contributed by atoms with Crippen LogP contribution < -0.4 is 15.9 Å². The minimum Gasteiger partial charge on any atom is -0.497 e. The third kappa shape index (κ3) is 4.58. The van der Waals surface area contributed by atoms with Crippen molar-refractivity contribution >= 4 is 29.1 Å². The molecule has 0 saturated carbocycles. The van der Waals surface area contributed by atoms with E-state index in [2.05, 4.69) is 15.5 Å². The molecule has 8 heteroatoms. The molecule has 0 radical (unpaired) electrons. The number of aromatic nitrogens is 3. The average Bonchev–Trinajstić information content (AvgIpc) is 2.99. The van der Waals surface area contributed by atoms with E-state index in [1.807, 2.05) is 48.5 Å². The summed E-state index contributed by atoms with van der Waals surface area (Å²) in [4.78, 5) is 0. The van der Waals surface area contributed by atoms with Gasteiger partial charge in [-0.05, 0) is 29.8 Å². The van der Waals surface area contributed by atoms with Gasteiger partial charge in [0, 0.05) is 22.5 Å². The normalized spacial score (nSPS) is 10.6. The highest BCUT2D eigenvalue weighted by molar-refractivity contribution is 7.98. The van der Waals surface area contributed by atoms with Crippen molar-refractivity contribution in [3.8, 4) is 5.75 Å². The maximum atomic E-state index is 6.10. The fraction of sp³-hybridized carbons (Fsp3) is 0.176. The number of rotatable bonds is 7. The predicted octanol–water partition coefficient (Wildman–Crippen LogP) is 3.56. The number of benzene rings is 2.